The van der Waals surface area contributed by atoms with Gasteiger partial charge in [0.05, 0.1) is 19.2 Å². The average molecular weight is 320 g/mol. The standard InChI is InChI=1S/C15H16N2O4S/c1-9(15(19)20)16-13(18)7-11-8-22-14(17-11)10-4-3-5-12(6-10)21-2/h3-6,8-9H,7H2,1-2H3,(H,16,18)(H,19,20)/t9-/m0/s1. The fourth-order valence-electron chi connectivity index (χ4n) is 1.80. The van der Waals surface area contributed by atoms with Crippen molar-refractivity contribution in [3.63, 3.8) is 0 Å². The monoisotopic (exact) mass is 320 g/mol. The van der Waals surface area contributed by atoms with Crippen LogP contribution in [0.4, 0.5) is 0 Å². The molecule has 0 saturated heterocycles. The summed E-state index contributed by atoms with van der Waals surface area (Å²) in [5, 5.41) is 13.7. The predicted molar refractivity (Wildman–Crippen MR) is 83.0 cm³/mol. The number of rotatable bonds is 6. The molecule has 1 aromatic carbocycles. The van der Waals surface area contributed by atoms with Crippen molar-refractivity contribution >= 4 is 23.2 Å². The van der Waals surface area contributed by atoms with Crippen LogP contribution in [0.25, 0.3) is 10.6 Å². The van der Waals surface area contributed by atoms with E-state index in [-0.39, 0.29) is 12.3 Å². The lowest BCUT2D eigenvalue weighted by atomic mass is 10.2. The first-order valence-corrected chi connectivity index (χ1v) is 7.48. The van der Waals surface area contributed by atoms with Gasteiger partial charge in [0, 0.05) is 10.9 Å². The molecule has 2 N–H and O–H groups in total. The maximum Gasteiger partial charge on any atom is 0.325 e. The minimum absolute atomic E-state index is 0.0537. The summed E-state index contributed by atoms with van der Waals surface area (Å²) in [4.78, 5) is 26.8. The fourth-order valence-corrected chi connectivity index (χ4v) is 2.61. The van der Waals surface area contributed by atoms with Crippen molar-refractivity contribution in [2.75, 3.05) is 7.11 Å². The van der Waals surface area contributed by atoms with Gasteiger partial charge in [-0.2, -0.15) is 0 Å². The van der Waals surface area contributed by atoms with Crippen LogP contribution in [0, 0.1) is 0 Å². The minimum Gasteiger partial charge on any atom is -0.497 e. The summed E-state index contributed by atoms with van der Waals surface area (Å²) in [5.74, 6) is -0.691. The van der Waals surface area contributed by atoms with Gasteiger partial charge in [-0.25, -0.2) is 4.98 Å². The first kappa shape index (κ1) is 16.0. The third-order valence-corrected chi connectivity index (χ3v) is 3.90. The van der Waals surface area contributed by atoms with Crippen molar-refractivity contribution in [1.82, 2.24) is 10.3 Å². The fraction of sp³-hybridized carbons (Fsp3) is 0.267. The Morgan fingerprint density at radius 1 is 1.45 bits per heavy atom. The number of nitrogens with one attached hydrogen (secondary N) is 1. The van der Waals surface area contributed by atoms with Gasteiger partial charge in [0.15, 0.2) is 0 Å². The molecule has 0 aliphatic carbocycles. The van der Waals surface area contributed by atoms with E-state index in [1.807, 2.05) is 24.3 Å². The number of thiazole rings is 1. The third-order valence-electron chi connectivity index (χ3n) is 2.96. The molecule has 0 aliphatic rings. The highest BCUT2D eigenvalue weighted by molar-refractivity contribution is 7.13. The summed E-state index contributed by atoms with van der Waals surface area (Å²) in [5.41, 5.74) is 1.52. The maximum absolute atomic E-state index is 11.7. The Morgan fingerprint density at radius 2 is 2.23 bits per heavy atom. The van der Waals surface area contributed by atoms with Gasteiger partial charge in [-0.3, -0.25) is 9.59 Å². The van der Waals surface area contributed by atoms with E-state index < -0.39 is 12.0 Å². The molecule has 0 unspecified atom stereocenters. The Morgan fingerprint density at radius 3 is 2.91 bits per heavy atom. The summed E-state index contributed by atoms with van der Waals surface area (Å²) >= 11 is 1.43. The topological polar surface area (TPSA) is 88.5 Å². The number of nitrogens with zero attached hydrogens (tertiary/aromatic N) is 1. The molecule has 0 radical (unpaired) electrons. The number of hydrogen-bond acceptors (Lipinski definition) is 5. The molecular weight excluding hydrogens is 304 g/mol. The van der Waals surface area contributed by atoms with Crippen LogP contribution in [-0.4, -0.2) is 35.1 Å². The zero-order valence-electron chi connectivity index (χ0n) is 12.2. The van der Waals surface area contributed by atoms with Crippen LogP contribution in [0.3, 0.4) is 0 Å². The van der Waals surface area contributed by atoms with Gasteiger partial charge >= 0.3 is 5.97 Å². The van der Waals surface area contributed by atoms with Gasteiger partial charge in [-0.1, -0.05) is 12.1 Å². The molecule has 6 nitrogen and oxygen atoms in total. The summed E-state index contributed by atoms with van der Waals surface area (Å²) in [6.07, 6.45) is 0.0537. The van der Waals surface area contributed by atoms with E-state index in [1.54, 1.807) is 12.5 Å². The molecule has 0 aliphatic heterocycles. The number of carboxylic acid groups (broad SMARTS) is 1. The number of carboxylic acids is 1. The molecule has 22 heavy (non-hydrogen) atoms. The summed E-state index contributed by atoms with van der Waals surface area (Å²) in [7, 11) is 1.60. The number of carbonyl (C=O) groups is 2. The lowest BCUT2D eigenvalue weighted by Gasteiger charge is -2.07. The SMILES string of the molecule is COc1cccc(-c2nc(CC(=O)N[C@@H](C)C(=O)O)cs2)c1. The number of aromatic nitrogens is 1. The molecule has 0 spiro atoms. The Bertz CT molecular complexity index is 684. The molecule has 0 fully saturated rings. The zero-order valence-corrected chi connectivity index (χ0v) is 13.0. The molecule has 116 valence electrons. The number of aliphatic carboxylic acids is 1. The molecule has 1 atom stereocenters. The Labute approximate surface area is 131 Å². The predicted octanol–water partition coefficient (Wildman–Crippen LogP) is 1.95. The van der Waals surface area contributed by atoms with E-state index >= 15 is 0 Å². The van der Waals surface area contributed by atoms with Gasteiger partial charge in [-0.15, -0.1) is 11.3 Å². The van der Waals surface area contributed by atoms with Crippen molar-refractivity contribution in [3.05, 3.63) is 35.3 Å². The molecule has 2 rings (SSSR count). The van der Waals surface area contributed by atoms with Crippen LogP contribution in [0.5, 0.6) is 5.75 Å². The number of benzene rings is 1. The largest absolute Gasteiger partial charge is 0.497 e. The van der Waals surface area contributed by atoms with Crippen LogP contribution in [-0.2, 0) is 16.0 Å². The van der Waals surface area contributed by atoms with E-state index in [9.17, 15) is 9.59 Å². The van der Waals surface area contributed by atoms with Gasteiger partial charge in [0.2, 0.25) is 5.91 Å². The van der Waals surface area contributed by atoms with E-state index in [2.05, 4.69) is 10.3 Å². The second-order valence-electron chi connectivity index (χ2n) is 4.68. The van der Waals surface area contributed by atoms with E-state index in [4.69, 9.17) is 9.84 Å². The van der Waals surface area contributed by atoms with Gasteiger partial charge < -0.3 is 15.2 Å². The van der Waals surface area contributed by atoms with Crippen LogP contribution >= 0.6 is 11.3 Å². The normalized spacial score (nSPS) is 11.7. The molecular formula is C15H16N2O4S. The van der Waals surface area contributed by atoms with E-state index in [0.717, 1.165) is 16.3 Å². The molecule has 7 heteroatoms. The van der Waals surface area contributed by atoms with Crippen LogP contribution in [0.15, 0.2) is 29.6 Å². The van der Waals surface area contributed by atoms with Crippen molar-refractivity contribution in [2.24, 2.45) is 0 Å². The van der Waals surface area contributed by atoms with Crippen LogP contribution < -0.4 is 10.1 Å². The molecule has 2 aromatic rings. The van der Waals surface area contributed by atoms with Gasteiger partial charge in [0.25, 0.3) is 0 Å². The van der Waals surface area contributed by atoms with Crippen molar-refractivity contribution in [2.45, 2.75) is 19.4 Å². The average Bonchev–Trinajstić information content (AvgIpc) is 2.95. The van der Waals surface area contributed by atoms with E-state index in [0.29, 0.717) is 5.69 Å². The number of carbonyl (C=O) groups excluding carboxylic acids is 1. The molecule has 1 aromatic heterocycles. The molecule has 1 heterocycles. The second-order valence-corrected chi connectivity index (χ2v) is 5.54. The summed E-state index contributed by atoms with van der Waals surface area (Å²) in [6, 6.07) is 6.59. The Kier molecular flexibility index (Phi) is 5.11. The van der Waals surface area contributed by atoms with Crippen molar-refractivity contribution in [1.29, 1.82) is 0 Å². The van der Waals surface area contributed by atoms with Crippen LogP contribution in [0.2, 0.25) is 0 Å². The highest BCUT2D eigenvalue weighted by Crippen LogP contribution is 2.26. The minimum atomic E-state index is -1.07. The number of hydrogen-bond donors (Lipinski definition) is 2. The molecule has 1 amide bonds. The third kappa shape index (κ3) is 4.05. The van der Waals surface area contributed by atoms with Crippen molar-refractivity contribution in [3.8, 4) is 16.3 Å². The highest BCUT2D eigenvalue weighted by atomic mass is 32.1. The second kappa shape index (κ2) is 7.04. The van der Waals surface area contributed by atoms with Gasteiger partial charge in [0.1, 0.15) is 16.8 Å². The molecule has 0 bridgehead atoms. The highest BCUT2D eigenvalue weighted by Gasteiger charge is 2.15. The number of amides is 1. The summed E-state index contributed by atoms with van der Waals surface area (Å²) in [6.45, 7) is 1.42. The summed E-state index contributed by atoms with van der Waals surface area (Å²) < 4.78 is 5.17. The van der Waals surface area contributed by atoms with Gasteiger partial charge in [-0.05, 0) is 19.1 Å². The number of ether oxygens (including phenoxy) is 1. The zero-order chi connectivity index (χ0) is 16.1. The smallest absolute Gasteiger partial charge is 0.325 e. The lowest BCUT2D eigenvalue weighted by Crippen LogP contribution is -2.39. The first-order chi connectivity index (χ1) is 10.5. The van der Waals surface area contributed by atoms with Crippen LogP contribution in [0.1, 0.15) is 12.6 Å². The number of methoxy groups -OCH3 is 1. The van der Waals surface area contributed by atoms with Crippen molar-refractivity contribution < 1.29 is 19.4 Å². The first-order valence-electron chi connectivity index (χ1n) is 6.60. The Hall–Kier alpha value is -2.41. The lowest BCUT2D eigenvalue weighted by molar-refractivity contribution is -0.141. The maximum atomic E-state index is 11.7. The molecule has 0 saturated carbocycles. The van der Waals surface area contributed by atoms with E-state index in [1.165, 1.54) is 18.3 Å². The quantitative estimate of drug-likeness (QED) is 0.849. The Balaban J connectivity index is 2.05.